The van der Waals surface area contributed by atoms with Crippen molar-refractivity contribution in [2.24, 2.45) is 11.7 Å². The van der Waals surface area contributed by atoms with Gasteiger partial charge in [-0.25, -0.2) is 0 Å². The lowest BCUT2D eigenvalue weighted by molar-refractivity contribution is -0.139. The zero-order valence-electron chi connectivity index (χ0n) is 15.6. The number of benzene rings is 2. The Balaban J connectivity index is 1.62. The van der Waals surface area contributed by atoms with Crippen LogP contribution in [-0.2, 0) is 16.1 Å². The first-order valence-electron chi connectivity index (χ1n) is 9.58. The summed E-state index contributed by atoms with van der Waals surface area (Å²) in [6.45, 7) is 1.37. The maximum absolute atomic E-state index is 13.5. The van der Waals surface area contributed by atoms with E-state index >= 15 is 0 Å². The molecule has 144 valence electrons. The van der Waals surface area contributed by atoms with E-state index in [9.17, 15) is 14.4 Å². The highest BCUT2D eigenvalue weighted by Gasteiger charge is 2.40. The Morgan fingerprint density at radius 1 is 0.964 bits per heavy atom. The first-order chi connectivity index (χ1) is 13.6. The van der Waals surface area contributed by atoms with Crippen LogP contribution >= 0.6 is 0 Å². The van der Waals surface area contributed by atoms with Gasteiger partial charge in [-0.1, -0.05) is 48.5 Å². The number of hydrogen-bond donors (Lipinski definition) is 1. The Labute approximate surface area is 163 Å². The standard InChI is InChI=1S/C22H23N3O3/c23-20(26)16-10-12-24(13-11-16)22(28)19(15-6-2-1-3-7-15)25-14-17-8-4-5-9-18(17)21(25)27/h1-9,16,19H,10-14H2,(H2,23,26)/t19-/m0/s1. The number of nitrogens with two attached hydrogens (primary N) is 1. The number of piperidine rings is 1. The van der Waals surface area contributed by atoms with Crippen molar-refractivity contribution in [2.75, 3.05) is 13.1 Å². The fraction of sp³-hybridized carbons (Fsp3) is 0.318. The summed E-state index contributed by atoms with van der Waals surface area (Å²) in [5.41, 5.74) is 7.80. The van der Waals surface area contributed by atoms with Crippen molar-refractivity contribution < 1.29 is 14.4 Å². The largest absolute Gasteiger partial charge is 0.369 e. The molecule has 28 heavy (non-hydrogen) atoms. The summed E-state index contributed by atoms with van der Waals surface area (Å²) in [5, 5.41) is 0. The van der Waals surface area contributed by atoms with Crippen LogP contribution in [0.5, 0.6) is 0 Å². The van der Waals surface area contributed by atoms with E-state index < -0.39 is 6.04 Å². The highest BCUT2D eigenvalue weighted by atomic mass is 16.2. The number of hydrogen-bond acceptors (Lipinski definition) is 3. The smallest absolute Gasteiger partial charge is 0.255 e. The van der Waals surface area contributed by atoms with Crippen molar-refractivity contribution in [3.63, 3.8) is 0 Å². The van der Waals surface area contributed by atoms with E-state index in [1.54, 1.807) is 9.80 Å². The maximum Gasteiger partial charge on any atom is 0.255 e. The highest BCUT2D eigenvalue weighted by molar-refractivity contribution is 6.01. The Kier molecular flexibility index (Phi) is 4.86. The number of likely N-dealkylation sites (tertiary alicyclic amines) is 1. The molecule has 0 radical (unpaired) electrons. The predicted molar refractivity (Wildman–Crippen MR) is 104 cm³/mol. The minimum absolute atomic E-state index is 0.102. The van der Waals surface area contributed by atoms with Crippen LogP contribution < -0.4 is 5.73 Å². The van der Waals surface area contributed by atoms with Gasteiger partial charge in [0.15, 0.2) is 0 Å². The summed E-state index contributed by atoms with van der Waals surface area (Å²) in [6.07, 6.45) is 1.13. The molecule has 1 saturated heterocycles. The topological polar surface area (TPSA) is 83.7 Å². The Morgan fingerprint density at radius 3 is 2.25 bits per heavy atom. The Morgan fingerprint density at radius 2 is 1.61 bits per heavy atom. The molecule has 2 aliphatic rings. The summed E-state index contributed by atoms with van der Waals surface area (Å²) in [7, 11) is 0. The molecule has 1 atom stereocenters. The van der Waals surface area contributed by atoms with Crippen molar-refractivity contribution in [1.82, 2.24) is 9.80 Å². The van der Waals surface area contributed by atoms with Gasteiger partial charge in [0.2, 0.25) is 11.8 Å². The molecule has 2 aromatic carbocycles. The first-order valence-corrected chi connectivity index (χ1v) is 9.58. The predicted octanol–water partition coefficient (Wildman–Crippen LogP) is 2.11. The number of fused-ring (bicyclic) bond motifs is 1. The van der Waals surface area contributed by atoms with Gasteiger partial charge >= 0.3 is 0 Å². The van der Waals surface area contributed by atoms with Crippen LogP contribution in [0.1, 0.15) is 40.4 Å². The third kappa shape index (κ3) is 3.26. The molecule has 0 spiro atoms. The van der Waals surface area contributed by atoms with E-state index in [0.717, 1.165) is 11.1 Å². The van der Waals surface area contributed by atoms with Crippen molar-refractivity contribution in [3.8, 4) is 0 Å². The van der Waals surface area contributed by atoms with Crippen LogP contribution in [0.4, 0.5) is 0 Å². The molecule has 0 saturated carbocycles. The summed E-state index contributed by atoms with van der Waals surface area (Å²) >= 11 is 0. The minimum Gasteiger partial charge on any atom is -0.369 e. The quantitative estimate of drug-likeness (QED) is 0.886. The van der Waals surface area contributed by atoms with Crippen molar-refractivity contribution >= 4 is 17.7 Å². The zero-order chi connectivity index (χ0) is 19.7. The van der Waals surface area contributed by atoms with Gasteiger partial charge in [-0.2, -0.15) is 0 Å². The molecule has 0 aromatic heterocycles. The van der Waals surface area contributed by atoms with Gasteiger partial charge in [-0.05, 0) is 30.0 Å². The fourth-order valence-corrected chi connectivity index (χ4v) is 4.13. The van der Waals surface area contributed by atoms with Crippen molar-refractivity contribution in [2.45, 2.75) is 25.4 Å². The van der Waals surface area contributed by atoms with Gasteiger partial charge in [0.1, 0.15) is 6.04 Å². The second-order valence-corrected chi connectivity index (χ2v) is 7.41. The van der Waals surface area contributed by atoms with Gasteiger partial charge in [0, 0.05) is 31.1 Å². The van der Waals surface area contributed by atoms with Crippen LogP contribution in [0.2, 0.25) is 0 Å². The lowest BCUT2D eigenvalue weighted by Crippen LogP contribution is -2.47. The first kappa shape index (κ1) is 18.2. The fourth-order valence-electron chi connectivity index (χ4n) is 4.13. The summed E-state index contributed by atoms with van der Waals surface area (Å²) in [6, 6.07) is 16.2. The molecule has 0 bridgehead atoms. The number of rotatable bonds is 4. The second kappa shape index (κ2) is 7.46. The summed E-state index contributed by atoms with van der Waals surface area (Å²) in [4.78, 5) is 41.4. The molecule has 2 aliphatic heterocycles. The Bertz CT molecular complexity index is 904. The second-order valence-electron chi connectivity index (χ2n) is 7.41. The normalized spacial score (nSPS) is 18.1. The molecule has 2 aromatic rings. The van der Waals surface area contributed by atoms with Gasteiger partial charge in [-0.3, -0.25) is 14.4 Å². The van der Waals surface area contributed by atoms with Gasteiger partial charge in [-0.15, -0.1) is 0 Å². The molecule has 0 unspecified atom stereocenters. The van der Waals surface area contributed by atoms with Gasteiger partial charge in [0.05, 0.1) is 0 Å². The van der Waals surface area contributed by atoms with Crippen LogP contribution in [0.25, 0.3) is 0 Å². The van der Waals surface area contributed by atoms with Crippen LogP contribution in [-0.4, -0.2) is 40.6 Å². The van der Waals surface area contributed by atoms with Crippen molar-refractivity contribution in [3.05, 3.63) is 71.3 Å². The molecular formula is C22H23N3O3. The van der Waals surface area contributed by atoms with Crippen LogP contribution in [0, 0.1) is 5.92 Å². The number of carbonyl (C=O) groups is 3. The molecule has 6 nitrogen and oxygen atoms in total. The van der Waals surface area contributed by atoms with Crippen LogP contribution in [0.3, 0.4) is 0 Å². The molecule has 6 heteroatoms. The average Bonchev–Trinajstić information content (AvgIpc) is 3.05. The molecule has 3 amide bonds. The number of amides is 3. The molecule has 2 heterocycles. The third-order valence-corrected chi connectivity index (χ3v) is 5.72. The van der Waals surface area contributed by atoms with Crippen molar-refractivity contribution in [1.29, 1.82) is 0 Å². The monoisotopic (exact) mass is 377 g/mol. The van der Waals surface area contributed by atoms with Gasteiger partial charge in [0.25, 0.3) is 5.91 Å². The lowest BCUT2D eigenvalue weighted by Gasteiger charge is -2.36. The summed E-state index contributed by atoms with van der Waals surface area (Å²) in [5.74, 6) is -0.714. The average molecular weight is 377 g/mol. The molecule has 1 fully saturated rings. The molecule has 0 aliphatic carbocycles. The van der Waals surface area contributed by atoms with E-state index in [0.29, 0.717) is 38.0 Å². The Hall–Kier alpha value is -3.15. The van der Waals surface area contributed by atoms with E-state index in [1.807, 2.05) is 54.6 Å². The van der Waals surface area contributed by atoms with Crippen LogP contribution in [0.15, 0.2) is 54.6 Å². The maximum atomic E-state index is 13.5. The minimum atomic E-state index is -0.675. The number of carbonyl (C=O) groups excluding carboxylic acids is 3. The molecular weight excluding hydrogens is 354 g/mol. The SMILES string of the molecule is NC(=O)C1CCN(C(=O)[C@H](c2ccccc2)N2Cc3ccccc3C2=O)CC1. The molecule has 2 N–H and O–H groups in total. The van der Waals surface area contributed by atoms with E-state index in [4.69, 9.17) is 5.73 Å². The van der Waals surface area contributed by atoms with E-state index in [1.165, 1.54) is 0 Å². The van der Waals surface area contributed by atoms with Gasteiger partial charge < -0.3 is 15.5 Å². The number of primary amides is 1. The van der Waals surface area contributed by atoms with E-state index in [-0.39, 0.29) is 23.6 Å². The third-order valence-electron chi connectivity index (χ3n) is 5.72. The summed E-state index contributed by atoms with van der Waals surface area (Å²) < 4.78 is 0. The highest BCUT2D eigenvalue weighted by Crippen LogP contribution is 2.33. The van der Waals surface area contributed by atoms with E-state index in [2.05, 4.69) is 0 Å². The number of nitrogens with zero attached hydrogens (tertiary/aromatic N) is 2. The molecule has 4 rings (SSSR count). The zero-order valence-corrected chi connectivity index (χ0v) is 15.6. The lowest BCUT2D eigenvalue weighted by atomic mass is 9.95.